The molecule has 1 aromatic rings. The zero-order chi connectivity index (χ0) is 16.5. The number of carbonyl (C=O) groups is 1. The summed E-state index contributed by atoms with van der Waals surface area (Å²) in [5, 5.41) is 3.26. The highest BCUT2D eigenvalue weighted by molar-refractivity contribution is 7.89. The quantitative estimate of drug-likeness (QED) is 0.891. The van der Waals surface area contributed by atoms with Crippen LogP contribution in [0.3, 0.4) is 0 Å². The van der Waals surface area contributed by atoms with Crippen LogP contribution in [0.1, 0.15) is 24.2 Å². The number of amides is 1. The molecule has 1 fully saturated rings. The number of hydrogen-bond donors (Lipinski definition) is 1. The van der Waals surface area contributed by atoms with Crippen LogP contribution in [0.5, 0.6) is 0 Å². The fourth-order valence-corrected chi connectivity index (χ4v) is 4.30. The van der Waals surface area contributed by atoms with E-state index in [0.717, 1.165) is 0 Å². The third-order valence-electron chi connectivity index (χ3n) is 4.07. The van der Waals surface area contributed by atoms with Crippen LogP contribution >= 0.6 is 0 Å². The third kappa shape index (κ3) is 3.16. The maximum Gasteiger partial charge on any atom is 0.253 e. The first kappa shape index (κ1) is 16.9. The molecule has 6 nitrogen and oxygen atoms in total. The minimum Gasteiger partial charge on any atom is -0.345 e. The molecular formula is C15H23N3O3S. The fourth-order valence-electron chi connectivity index (χ4n) is 2.55. The zero-order valence-corrected chi connectivity index (χ0v) is 14.2. The monoisotopic (exact) mass is 325 g/mol. The number of nitrogens with one attached hydrogen (secondary N) is 1. The average Bonchev–Trinajstić information content (AvgIpc) is 2.49. The minimum atomic E-state index is -3.60. The Labute approximate surface area is 132 Å². The van der Waals surface area contributed by atoms with Gasteiger partial charge in [-0.05, 0) is 32.0 Å². The Morgan fingerprint density at radius 3 is 2.64 bits per heavy atom. The molecule has 1 heterocycles. The number of benzene rings is 1. The van der Waals surface area contributed by atoms with Crippen molar-refractivity contribution >= 4 is 15.9 Å². The van der Waals surface area contributed by atoms with E-state index in [1.165, 1.54) is 15.3 Å². The predicted octanol–water partition coefficient (Wildman–Crippen LogP) is 0.759. The van der Waals surface area contributed by atoms with Crippen LogP contribution in [-0.2, 0) is 10.0 Å². The van der Waals surface area contributed by atoms with Gasteiger partial charge in [0.05, 0.1) is 4.90 Å². The van der Waals surface area contributed by atoms with Crippen LogP contribution in [0.15, 0.2) is 29.2 Å². The summed E-state index contributed by atoms with van der Waals surface area (Å²) >= 11 is 0. The van der Waals surface area contributed by atoms with Gasteiger partial charge in [0.1, 0.15) is 0 Å². The van der Waals surface area contributed by atoms with Crippen LogP contribution in [-0.4, -0.2) is 62.8 Å². The molecule has 2 atom stereocenters. The number of carbonyl (C=O) groups excluding carboxylic acids is 1. The molecule has 1 amide bonds. The predicted molar refractivity (Wildman–Crippen MR) is 85.3 cm³/mol. The van der Waals surface area contributed by atoms with Crippen molar-refractivity contribution in [2.75, 3.05) is 27.2 Å². The molecular weight excluding hydrogens is 302 g/mol. The van der Waals surface area contributed by atoms with Crippen LogP contribution < -0.4 is 5.32 Å². The molecule has 1 aliphatic heterocycles. The largest absolute Gasteiger partial charge is 0.345 e. The van der Waals surface area contributed by atoms with Gasteiger partial charge < -0.3 is 10.2 Å². The smallest absolute Gasteiger partial charge is 0.253 e. The molecule has 0 saturated carbocycles. The first-order chi connectivity index (χ1) is 10.2. The van der Waals surface area contributed by atoms with Gasteiger partial charge in [-0.3, -0.25) is 4.79 Å². The fraction of sp³-hybridized carbons (Fsp3) is 0.533. The van der Waals surface area contributed by atoms with Gasteiger partial charge in [0.25, 0.3) is 5.91 Å². The van der Waals surface area contributed by atoms with Crippen molar-refractivity contribution in [3.05, 3.63) is 29.8 Å². The van der Waals surface area contributed by atoms with E-state index in [2.05, 4.69) is 5.32 Å². The number of sulfonamides is 1. The second-order valence-corrected chi connectivity index (χ2v) is 7.72. The Balaban J connectivity index is 2.38. The van der Waals surface area contributed by atoms with Crippen molar-refractivity contribution < 1.29 is 13.2 Å². The van der Waals surface area contributed by atoms with Crippen molar-refractivity contribution in [2.24, 2.45) is 0 Å². The van der Waals surface area contributed by atoms with E-state index in [1.54, 1.807) is 32.3 Å². The Morgan fingerprint density at radius 1 is 1.32 bits per heavy atom. The highest BCUT2D eigenvalue weighted by Crippen LogP contribution is 2.22. The van der Waals surface area contributed by atoms with E-state index in [4.69, 9.17) is 0 Å². The average molecular weight is 325 g/mol. The van der Waals surface area contributed by atoms with E-state index >= 15 is 0 Å². The number of piperazine rings is 1. The second kappa shape index (κ2) is 6.36. The molecule has 7 heteroatoms. The number of nitrogens with zero attached hydrogens (tertiary/aromatic N) is 2. The summed E-state index contributed by atoms with van der Waals surface area (Å²) in [6.45, 7) is 4.92. The first-order valence-corrected chi connectivity index (χ1v) is 8.76. The van der Waals surface area contributed by atoms with Gasteiger partial charge >= 0.3 is 0 Å². The first-order valence-electron chi connectivity index (χ1n) is 7.32. The topological polar surface area (TPSA) is 69.7 Å². The summed E-state index contributed by atoms with van der Waals surface area (Å²) in [6.07, 6.45) is 0. The molecule has 1 aliphatic rings. The van der Waals surface area contributed by atoms with E-state index in [-0.39, 0.29) is 22.9 Å². The molecule has 2 rings (SSSR count). The lowest BCUT2D eigenvalue weighted by atomic mass is 10.1. The van der Waals surface area contributed by atoms with E-state index < -0.39 is 10.0 Å². The van der Waals surface area contributed by atoms with Gasteiger partial charge in [-0.2, -0.15) is 4.31 Å². The maximum atomic E-state index is 12.9. The van der Waals surface area contributed by atoms with Crippen molar-refractivity contribution in [3.63, 3.8) is 0 Å². The third-order valence-corrected chi connectivity index (χ3v) is 6.05. The lowest BCUT2D eigenvalue weighted by Crippen LogP contribution is -2.57. The number of hydrogen-bond acceptors (Lipinski definition) is 4. The van der Waals surface area contributed by atoms with Gasteiger partial charge in [-0.25, -0.2) is 8.42 Å². The van der Waals surface area contributed by atoms with E-state index in [9.17, 15) is 13.2 Å². The summed E-state index contributed by atoms with van der Waals surface area (Å²) in [5.74, 6) is -0.209. The second-order valence-electron chi connectivity index (χ2n) is 5.83. The van der Waals surface area contributed by atoms with Gasteiger partial charge in [-0.1, -0.05) is 6.07 Å². The molecule has 1 saturated heterocycles. The SMILES string of the molecule is CC1NCCN(S(=O)(=O)c2cccc(C(=O)N(C)C)c2)C1C. The number of rotatable bonds is 3. The van der Waals surface area contributed by atoms with Crippen molar-refractivity contribution in [1.29, 1.82) is 0 Å². The zero-order valence-electron chi connectivity index (χ0n) is 13.4. The summed E-state index contributed by atoms with van der Waals surface area (Å²) in [5.41, 5.74) is 0.377. The molecule has 122 valence electrons. The Bertz CT molecular complexity index is 658. The highest BCUT2D eigenvalue weighted by Gasteiger charge is 2.34. The molecule has 0 spiro atoms. The molecule has 0 aliphatic carbocycles. The Morgan fingerprint density at radius 2 is 2.00 bits per heavy atom. The lowest BCUT2D eigenvalue weighted by molar-refractivity contribution is 0.0827. The van der Waals surface area contributed by atoms with Crippen molar-refractivity contribution in [3.8, 4) is 0 Å². The summed E-state index contributed by atoms with van der Waals surface area (Å²) in [6, 6.07) is 6.20. The maximum absolute atomic E-state index is 12.9. The van der Waals surface area contributed by atoms with Crippen LogP contribution in [0.25, 0.3) is 0 Å². The highest BCUT2D eigenvalue weighted by atomic mass is 32.2. The van der Waals surface area contributed by atoms with Crippen LogP contribution in [0.2, 0.25) is 0 Å². The van der Waals surface area contributed by atoms with Crippen molar-refractivity contribution in [1.82, 2.24) is 14.5 Å². The van der Waals surface area contributed by atoms with E-state index in [1.807, 2.05) is 13.8 Å². The normalized spacial score (nSPS) is 23.3. The van der Waals surface area contributed by atoms with Crippen LogP contribution in [0.4, 0.5) is 0 Å². The Hall–Kier alpha value is -1.44. The standard InChI is InChI=1S/C15H23N3O3S/c1-11-12(2)18(9-8-16-11)22(20,21)14-7-5-6-13(10-14)15(19)17(3)4/h5-7,10-12,16H,8-9H2,1-4H3. The minimum absolute atomic E-state index is 0.0927. The van der Waals surface area contributed by atoms with Crippen LogP contribution in [0, 0.1) is 0 Å². The van der Waals surface area contributed by atoms with Gasteiger partial charge in [0, 0.05) is 44.8 Å². The van der Waals surface area contributed by atoms with E-state index in [0.29, 0.717) is 18.7 Å². The molecule has 0 radical (unpaired) electrons. The molecule has 2 unspecified atom stereocenters. The lowest BCUT2D eigenvalue weighted by Gasteiger charge is -2.37. The molecule has 1 aromatic carbocycles. The summed E-state index contributed by atoms with van der Waals surface area (Å²) < 4.78 is 27.2. The summed E-state index contributed by atoms with van der Waals surface area (Å²) in [4.78, 5) is 13.6. The molecule has 0 aromatic heterocycles. The van der Waals surface area contributed by atoms with Gasteiger partial charge in [0.2, 0.25) is 10.0 Å². The summed E-state index contributed by atoms with van der Waals surface area (Å²) in [7, 11) is -0.318. The van der Waals surface area contributed by atoms with Gasteiger partial charge in [0.15, 0.2) is 0 Å². The Kier molecular flexibility index (Phi) is 4.89. The molecule has 0 bridgehead atoms. The van der Waals surface area contributed by atoms with Gasteiger partial charge in [-0.15, -0.1) is 0 Å². The molecule has 22 heavy (non-hydrogen) atoms. The molecule has 1 N–H and O–H groups in total. The van der Waals surface area contributed by atoms with Crippen molar-refractivity contribution in [2.45, 2.75) is 30.8 Å².